The van der Waals surface area contributed by atoms with Gasteiger partial charge in [0.15, 0.2) is 0 Å². The number of carbonyl (C=O) groups is 1. The molecule has 4 aromatic rings. The number of benzene rings is 2. The Bertz CT molecular complexity index is 1210. The van der Waals surface area contributed by atoms with Crippen LogP contribution >= 0.6 is 0 Å². The Balaban J connectivity index is 1.13. The van der Waals surface area contributed by atoms with Crippen LogP contribution in [0, 0.1) is 5.92 Å². The first-order valence-electron chi connectivity index (χ1n) is 11.4. The average Bonchev–Trinajstić information content (AvgIpc) is 3.60. The van der Waals surface area contributed by atoms with Crippen molar-refractivity contribution < 1.29 is 4.79 Å². The normalized spacial score (nSPS) is 13.2. The first-order valence-corrected chi connectivity index (χ1v) is 11.4. The predicted molar refractivity (Wildman–Crippen MR) is 129 cm³/mol. The summed E-state index contributed by atoms with van der Waals surface area (Å²) in [7, 11) is 0. The minimum Gasteiger partial charge on any atom is -0.361 e. The van der Waals surface area contributed by atoms with Gasteiger partial charge >= 0.3 is 0 Å². The molecule has 2 aromatic carbocycles. The Morgan fingerprint density at radius 1 is 1.00 bits per heavy atom. The summed E-state index contributed by atoms with van der Waals surface area (Å²) in [5.41, 5.74) is 6.82. The molecule has 0 radical (unpaired) electrons. The van der Waals surface area contributed by atoms with Gasteiger partial charge in [0.25, 0.3) is 0 Å². The average molecular weight is 425 g/mol. The molecule has 5 nitrogen and oxygen atoms in total. The molecule has 0 aliphatic heterocycles. The van der Waals surface area contributed by atoms with E-state index in [-0.39, 0.29) is 11.8 Å². The molecule has 1 fully saturated rings. The Kier molecular flexibility index (Phi) is 5.88. The van der Waals surface area contributed by atoms with Crippen LogP contribution in [0.5, 0.6) is 0 Å². The van der Waals surface area contributed by atoms with Crippen LogP contribution in [-0.4, -0.2) is 15.9 Å². The van der Waals surface area contributed by atoms with Gasteiger partial charge in [-0.15, -0.1) is 0 Å². The number of fused-ring (bicyclic) bond motifs is 1. The predicted octanol–water partition coefficient (Wildman–Crippen LogP) is 5.51. The summed E-state index contributed by atoms with van der Waals surface area (Å²) in [4.78, 5) is 19.6. The quantitative estimate of drug-likeness (QED) is 0.332. The summed E-state index contributed by atoms with van der Waals surface area (Å²) in [5, 5.41) is 7.73. The molecule has 0 atom stereocenters. The summed E-state index contributed by atoms with van der Waals surface area (Å²) in [6.07, 6.45) is 9.19. The van der Waals surface area contributed by atoms with Crippen LogP contribution in [0.3, 0.4) is 0 Å². The second-order valence-corrected chi connectivity index (χ2v) is 8.56. The number of aromatic nitrogens is 2. The van der Waals surface area contributed by atoms with E-state index in [9.17, 15) is 4.79 Å². The van der Waals surface area contributed by atoms with Gasteiger partial charge in [0.2, 0.25) is 5.91 Å². The van der Waals surface area contributed by atoms with E-state index in [1.54, 1.807) is 6.20 Å². The van der Waals surface area contributed by atoms with E-state index in [0.29, 0.717) is 6.54 Å². The molecule has 2 aromatic heterocycles. The lowest BCUT2D eigenvalue weighted by molar-refractivity contribution is -0.122. The van der Waals surface area contributed by atoms with Crippen LogP contribution < -0.4 is 10.6 Å². The number of para-hydroxylation sites is 1. The highest BCUT2D eigenvalue weighted by Gasteiger charge is 2.29. The summed E-state index contributed by atoms with van der Waals surface area (Å²) in [6, 6.07) is 21.0. The molecule has 0 saturated heterocycles. The molecule has 1 aliphatic carbocycles. The summed E-state index contributed by atoms with van der Waals surface area (Å²) >= 11 is 0. The summed E-state index contributed by atoms with van der Waals surface area (Å²) in [6.45, 7) is 0.472. The fraction of sp³-hybridized carbons (Fsp3) is 0.259. The molecule has 3 N–H and O–H groups in total. The third kappa shape index (κ3) is 4.99. The zero-order valence-corrected chi connectivity index (χ0v) is 18.1. The van der Waals surface area contributed by atoms with Crippen LogP contribution in [-0.2, 0) is 24.2 Å². The first-order chi connectivity index (χ1) is 15.7. The van der Waals surface area contributed by atoms with Gasteiger partial charge in [0.05, 0.1) is 12.2 Å². The number of hydrogen-bond acceptors (Lipinski definition) is 3. The van der Waals surface area contributed by atoms with Crippen molar-refractivity contribution in [3.05, 3.63) is 89.9 Å². The van der Waals surface area contributed by atoms with Crippen LogP contribution in [0.1, 0.15) is 36.1 Å². The lowest BCUT2D eigenvalue weighted by Gasteiger charge is -2.10. The van der Waals surface area contributed by atoms with Crippen LogP contribution in [0.4, 0.5) is 11.4 Å². The maximum Gasteiger partial charge on any atom is 0.223 e. The second kappa shape index (κ2) is 9.27. The molecule has 0 spiro atoms. The Morgan fingerprint density at radius 3 is 2.69 bits per heavy atom. The van der Waals surface area contributed by atoms with E-state index in [0.717, 1.165) is 49.2 Å². The molecule has 2 heterocycles. The Morgan fingerprint density at radius 2 is 1.84 bits per heavy atom. The van der Waals surface area contributed by atoms with E-state index in [4.69, 9.17) is 0 Å². The lowest BCUT2D eigenvalue weighted by atomic mass is 10.0. The molecule has 5 heteroatoms. The minimum absolute atomic E-state index is 0.144. The molecule has 1 saturated carbocycles. The number of aryl methyl sites for hydroxylation is 2. The standard InChI is InChI=1S/C27H28N4O/c32-27(20-10-11-20)30-18-24-16-23(14-15-28-24)31-22-12-8-19(9-13-22)4-3-5-21-17-29-26-7-2-1-6-25(21)26/h1-2,6-9,12-17,20,29H,3-5,10-11,18H2,(H,28,31)(H,30,32). The van der Waals surface area contributed by atoms with E-state index in [2.05, 4.69) is 75.3 Å². The number of H-pyrrole nitrogens is 1. The van der Waals surface area contributed by atoms with Crippen molar-refractivity contribution in [1.29, 1.82) is 0 Å². The topological polar surface area (TPSA) is 69.8 Å². The maximum atomic E-state index is 11.8. The summed E-state index contributed by atoms with van der Waals surface area (Å²) in [5.74, 6) is 0.364. The highest BCUT2D eigenvalue weighted by molar-refractivity contribution is 5.83. The number of nitrogens with zero attached hydrogens (tertiary/aromatic N) is 1. The Hall–Kier alpha value is -3.60. The van der Waals surface area contributed by atoms with Crippen LogP contribution in [0.25, 0.3) is 10.9 Å². The molecule has 1 aliphatic rings. The molecule has 0 unspecified atom stereocenters. The number of hydrogen-bond donors (Lipinski definition) is 3. The van der Waals surface area contributed by atoms with E-state index in [1.165, 1.54) is 22.0 Å². The zero-order chi connectivity index (χ0) is 21.8. The highest BCUT2D eigenvalue weighted by Crippen LogP contribution is 2.28. The van der Waals surface area contributed by atoms with Gasteiger partial charge < -0.3 is 15.6 Å². The SMILES string of the molecule is O=C(NCc1cc(Nc2ccc(CCCc3c[nH]c4ccccc34)cc2)ccn1)C1CC1. The van der Waals surface area contributed by atoms with Gasteiger partial charge in [-0.05, 0) is 73.6 Å². The number of amides is 1. The Labute approximate surface area is 188 Å². The molecule has 162 valence electrons. The van der Waals surface area contributed by atoms with E-state index >= 15 is 0 Å². The first kappa shape index (κ1) is 20.3. The van der Waals surface area contributed by atoms with Crippen LogP contribution in [0.2, 0.25) is 0 Å². The van der Waals surface area contributed by atoms with Gasteiger partial charge in [0.1, 0.15) is 0 Å². The fourth-order valence-corrected chi connectivity index (χ4v) is 4.06. The number of anilines is 2. The van der Waals surface area contributed by atoms with Gasteiger partial charge in [-0.1, -0.05) is 30.3 Å². The third-order valence-electron chi connectivity index (χ3n) is 6.04. The molecule has 0 bridgehead atoms. The minimum atomic E-state index is 0.144. The van der Waals surface area contributed by atoms with E-state index < -0.39 is 0 Å². The highest BCUT2D eigenvalue weighted by atomic mass is 16.2. The largest absolute Gasteiger partial charge is 0.361 e. The van der Waals surface area contributed by atoms with Crippen LogP contribution in [0.15, 0.2) is 73.1 Å². The fourth-order valence-electron chi connectivity index (χ4n) is 4.06. The monoisotopic (exact) mass is 424 g/mol. The number of pyridine rings is 1. The maximum absolute atomic E-state index is 11.8. The smallest absolute Gasteiger partial charge is 0.223 e. The number of carbonyl (C=O) groups excluding carboxylic acids is 1. The molecule has 5 rings (SSSR count). The number of nitrogens with one attached hydrogen (secondary N) is 3. The number of rotatable bonds is 9. The summed E-state index contributed by atoms with van der Waals surface area (Å²) < 4.78 is 0. The molecule has 1 amide bonds. The van der Waals surface area contributed by atoms with Crippen molar-refractivity contribution in [2.45, 2.75) is 38.6 Å². The van der Waals surface area contributed by atoms with Crippen molar-refractivity contribution in [2.75, 3.05) is 5.32 Å². The third-order valence-corrected chi connectivity index (χ3v) is 6.04. The van der Waals surface area contributed by atoms with E-state index in [1.807, 2.05) is 12.1 Å². The van der Waals surface area contributed by atoms with Gasteiger partial charge in [-0.3, -0.25) is 9.78 Å². The zero-order valence-electron chi connectivity index (χ0n) is 18.1. The van der Waals surface area contributed by atoms with Crippen molar-refractivity contribution in [1.82, 2.24) is 15.3 Å². The van der Waals surface area contributed by atoms with Gasteiger partial charge in [0, 0.05) is 40.6 Å². The van der Waals surface area contributed by atoms with Crippen molar-refractivity contribution in [3.63, 3.8) is 0 Å². The molecule has 32 heavy (non-hydrogen) atoms. The van der Waals surface area contributed by atoms with Gasteiger partial charge in [-0.2, -0.15) is 0 Å². The molecular formula is C27H28N4O. The number of aromatic amines is 1. The molecular weight excluding hydrogens is 396 g/mol. The van der Waals surface area contributed by atoms with Gasteiger partial charge in [-0.25, -0.2) is 0 Å². The van der Waals surface area contributed by atoms with Crippen molar-refractivity contribution in [3.8, 4) is 0 Å². The second-order valence-electron chi connectivity index (χ2n) is 8.56. The van der Waals surface area contributed by atoms with Crippen molar-refractivity contribution in [2.24, 2.45) is 5.92 Å². The van der Waals surface area contributed by atoms with Crippen molar-refractivity contribution >= 4 is 28.2 Å². The lowest BCUT2D eigenvalue weighted by Crippen LogP contribution is -2.24.